The molecule has 0 radical (unpaired) electrons. The number of hydrogen-bond acceptors (Lipinski definition) is 2. The van der Waals surface area contributed by atoms with E-state index in [4.69, 9.17) is 0 Å². The molecule has 0 unspecified atom stereocenters. The van der Waals surface area contributed by atoms with Crippen LogP contribution in [-0.4, -0.2) is 13.3 Å². The third-order valence-electron chi connectivity index (χ3n) is 1.36. The van der Waals surface area contributed by atoms with Gasteiger partial charge in [0.25, 0.3) is 0 Å². The van der Waals surface area contributed by atoms with E-state index in [0.29, 0.717) is 0 Å². The minimum absolute atomic E-state index is 0.882. The molecule has 0 bridgehead atoms. The van der Waals surface area contributed by atoms with Gasteiger partial charge in [0, 0.05) is 19.1 Å². The molecule has 2 heteroatoms. The van der Waals surface area contributed by atoms with Gasteiger partial charge in [-0.25, -0.2) is 0 Å². The van der Waals surface area contributed by atoms with E-state index in [2.05, 4.69) is 28.8 Å². The molecule has 0 saturated heterocycles. The maximum absolute atomic E-state index is 4.51. The maximum Gasteiger partial charge on any atom is 0.106 e. The molecule has 0 rings (SSSR count). The second-order valence-electron chi connectivity index (χ2n) is 2.47. The van der Waals surface area contributed by atoms with Crippen molar-refractivity contribution in [2.75, 3.05) is 7.11 Å². The Kier molecular flexibility index (Phi) is 9.22. The highest BCUT2D eigenvalue weighted by atomic mass is 16.6. The zero-order chi connectivity index (χ0) is 9.07. The van der Waals surface area contributed by atoms with Crippen molar-refractivity contribution in [3.8, 4) is 11.8 Å². The van der Waals surface area contributed by atoms with Crippen molar-refractivity contribution in [3.05, 3.63) is 0 Å². The SMILES string of the molecule is CCCCC#CCCC=NOC. The highest BCUT2D eigenvalue weighted by Gasteiger charge is 1.77. The molecule has 0 aromatic heterocycles. The lowest BCUT2D eigenvalue weighted by Gasteiger charge is -1.85. The van der Waals surface area contributed by atoms with Crippen LogP contribution >= 0.6 is 0 Å². The van der Waals surface area contributed by atoms with E-state index in [0.717, 1.165) is 19.3 Å². The van der Waals surface area contributed by atoms with Crippen LogP contribution in [0.5, 0.6) is 0 Å². The second kappa shape index (κ2) is 10.0. The summed E-state index contributed by atoms with van der Waals surface area (Å²) in [5.41, 5.74) is 0. The van der Waals surface area contributed by atoms with Crippen LogP contribution in [0.4, 0.5) is 0 Å². The van der Waals surface area contributed by atoms with Gasteiger partial charge in [0.15, 0.2) is 0 Å². The van der Waals surface area contributed by atoms with Crippen LogP contribution in [0.15, 0.2) is 5.16 Å². The summed E-state index contributed by atoms with van der Waals surface area (Å²) in [6.07, 6.45) is 6.97. The smallest absolute Gasteiger partial charge is 0.106 e. The fraction of sp³-hybridized carbons (Fsp3) is 0.700. The molecule has 0 N–H and O–H groups in total. The molecular weight excluding hydrogens is 150 g/mol. The van der Waals surface area contributed by atoms with E-state index in [1.807, 2.05) is 0 Å². The van der Waals surface area contributed by atoms with E-state index in [9.17, 15) is 0 Å². The lowest BCUT2D eigenvalue weighted by atomic mass is 10.2. The normalized spacial score (nSPS) is 9.50. The summed E-state index contributed by atoms with van der Waals surface area (Å²) in [6.45, 7) is 2.17. The van der Waals surface area contributed by atoms with Crippen LogP contribution < -0.4 is 0 Å². The zero-order valence-corrected chi connectivity index (χ0v) is 7.97. The van der Waals surface area contributed by atoms with Crippen LogP contribution in [0.1, 0.15) is 39.0 Å². The maximum atomic E-state index is 4.51. The second-order valence-corrected chi connectivity index (χ2v) is 2.47. The van der Waals surface area contributed by atoms with Crippen LogP contribution in [-0.2, 0) is 4.84 Å². The van der Waals surface area contributed by atoms with Crippen molar-refractivity contribution >= 4 is 6.21 Å². The molecule has 0 aliphatic heterocycles. The summed E-state index contributed by atoms with van der Waals surface area (Å²) in [5, 5.41) is 3.61. The molecule has 0 aliphatic rings. The molecular formula is C10H17NO. The first-order valence-electron chi connectivity index (χ1n) is 4.42. The van der Waals surface area contributed by atoms with E-state index >= 15 is 0 Å². The number of hydrogen-bond donors (Lipinski definition) is 0. The largest absolute Gasteiger partial charge is 0.399 e. The molecule has 0 atom stereocenters. The molecule has 0 aromatic rings. The Labute approximate surface area is 75.0 Å². The average molecular weight is 167 g/mol. The highest BCUT2D eigenvalue weighted by Crippen LogP contribution is 1.91. The van der Waals surface area contributed by atoms with Crippen LogP contribution in [0.3, 0.4) is 0 Å². The van der Waals surface area contributed by atoms with Crippen LogP contribution in [0.2, 0.25) is 0 Å². The predicted molar refractivity (Wildman–Crippen MR) is 52.0 cm³/mol. The third kappa shape index (κ3) is 9.03. The molecule has 0 aliphatic carbocycles. The molecule has 0 amide bonds. The average Bonchev–Trinajstić information content (AvgIpc) is 2.10. The van der Waals surface area contributed by atoms with Crippen molar-refractivity contribution in [3.63, 3.8) is 0 Å². The minimum Gasteiger partial charge on any atom is -0.399 e. The zero-order valence-electron chi connectivity index (χ0n) is 7.97. The van der Waals surface area contributed by atoms with E-state index in [1.54, 1.807) is 13.3 Å². The van der Waals surface area contributed by atoms with Gasteiger partial charge in [-0.15, -0.1) is 11.8 Å². The van der Waals surface area contributed by atoms with Gasteiger partial charge in [-0.05, 0) is 12.8 Å². The van der Waals surface area contributed by atoms with E-state index in [-0.39, 0.29) is 0 Å². The number of rotatable bonds is 5. The number of unbranched alkanes of at least 4 members (excludes halogenated alkanes) is 3. The predicted octanol–water partition coefficient (Wildman–Crippen LogP) is 2.59. The first-order chi connectivity index (χ1) is 5.91. The van der Waals surface area contributed by atoms with Crippen molar-refractivity contribution in [2.24, 2.45) is 5.16 Å². The summed E-state index contributed by atoms with van der Waals surface area (Å²) >= 11 is 0. The molecule has 2 nitrogen and oxygen atoms in total. The first-order valence-corrected chi connectivity index (χ1v) is 4.42. The summed E-state index contributed by atoms with van der Waals surface area (Å²) < 4.78 is 0. The van der Waals surface area contributed by atoms with Gasteiger partial charge >= 0.3 is 0 Å². The Morgan fingerprint density at radius 2 is 2.08 bits per heavy atom. The fourth-order valence-electron chi connectivity index (χ4n) is 0.706. The van der Waals surface area contributed by atoms with Gasteiger partial charge in [-0.1, -0.05) is 18.5 Å². The Bertz CT molecular complexity index is 164. The van der Waals surface area contributed by atoms with Gasteiger partial charge in [0.2, 0.25) is 0 Å². The van der Waals surface area contributed by atoms with Gasteiger partial charge < -0.3 is 4.84 Å². The summed E-state index contributed by atoms with van der Waals surface area (Å²) in [7, 11) is 1.55. The Morgan fingerprint density at radius 1 is 1.33 bits per heavy atom. The van der Waals surface area contributed by atoms with Crippen LogP contribution in [0.25, 0.3) is 0 Å². The molecule has 0 heterocycles. The van der Waals surface area contributed by atoms with E-state index < -0.39 is 0 Å². The number of nitrogens with zero attached hydrogens (tertiary/aromatic N) is 1. The van der Waals surface area contributed by atoms with Gasteiger partial charge in [-0.2, -0.15) is 0 Å². The Hall–Kier alpha value is -0.970. The van der Waals surface area contributed by atoms with Crippen molar-refractivity contribution in [2.45, 2.75) is 39.0 Å². The Morgan fingerprint density at radius 3 is 2.75 bits per heavy atom. The number of oxime groups is 1. The summed E-state index contributed by atoms with van der Waals surface area (Å²) in [5.74, 6) is 6.19. The standard InChI is InChI=1S/C10H17NO/c1-3-4-5-6-7-8-9-10-11-12-2/h10H,3-5,8-9H2,1-2H3. The lowest BCUT2D eigenvalue weighted by molar-refractivity contribution is 0.214. The monoisotopic (exact) mass is 167 g/mol. The van der Waals surface area contributed by atoms with Gasteiger partial charge in [-0.3, -0.25) is 0 Å². The van der Waals surface area contributed by atoms with Crippen molar-refractivity contribution in [1.29, 1.82) is 0 Å². The highest BCUT2D eigenvalue weighted by molar-refractivity contribution is 5.56. The van der Waals surface area contributed by atoms with Gasteiger partial charge in [0.05, 0.1) is 0 Å². The molecule has 0 aromatic carbocycles. The topological polar surface area (TPSA) is 21.6 Å². The molecule has 0 saturated carbocycles. The quantitative estimate of drug-likeness (QED) is 0.267. The van der Waals surface area contributed by atoms with E-state index in [1.165, 1.54) is 12.8 Å². The fourth-order valence-corrected chi connectivity index (χ4v) is 0.706. The Balaban J connectivity index is 3.15. The summed E-state index contributed by atoms with van der Waals surface area (Å²) in [4.78, 5) is 4.51. The molecule has 0 fully saturated rings. The minimum atomic E-state index is 0.882. The third-order valence-corrected chi connectivity index (χ3v) is 1.36. The van der Waals surface area contributed by atoms with Crippen LogP contribution in [0, 0.1) is 11.8 Å². The summed E-state index contributed by atoms with van der Waals surface area (Å²) in [6, 6.07) is 0. The lowest BCUT2D eigenvalue weighted by Crippen LogP contribution is -1.75. The molecule has 12 heavy (non-hydrogen) atoms. The van der Waals surface area contributed by atoms with Crippen molar-refractivity contribution < 1.29 is 4.84 Å². The van der Waals surface area contributed by atoms with Gasteiger partial charge in [0.1, 0.15) is 7.11 Å². The first kappa shape index (κ1) is 11.0. The molecule has 68 valence electrons. The molecule has 0 spiro atoms. The van der Waals surface area contributed by atoms with Crippen molar-refractivity contribution in [1.82, 2.24) is 0 Å².